The number of hydrogen-bond acceptors (Lipinski definition) is 7. The molecule has 0 saturated carbocycles. The molecule has 0 atom stereocenters. The molecule has 30 heavy (non-hydrogen) atoms. The van der Waals surface area contributed by atoms with E-state index in [0.717, 1.165) is 48.3 Å². The highest BCUT2D eigenvalue weighted by Gasteiger charge is 2.07. The fourth-order valence-electron chi connectivity index (χ4n) is 2.88. The summed E-state index contributed by atoms with van der Waals surface area (Å²) in [6, 6.07) is 5.73. The molecule has 1 heterocycles. The van der Waals surface area contributed by atoms with Gasteiger partial charge >= 0.3 is 0 Å². The van der Waals surface area contributed by atoms with E-state index in [1.165, 1.54) is 13.3 Å². The van der Waals surface area contributed by atoms with Crippen molar-refractivity contribution >= 4 is 6.21 Å². The second-order valence-electron chi connectivity index (χ2n) is 6.86. The zero-order valence-corrected chi connectivity index (χ0v) is 18.3. The third-order valence-corrected chi connectivity index (χ3v) is 4.34. The van der Waals surface area contributed by atoms with Gasteiger partial charge in [0.15, 0.2) is 5.76 Å². The van der Waals surface area contributed by atoms with E-state index in [1.54, 1.807) is 6.07 Å². The summed E-state index contributed by atoms with van der Waals surface area (Å²) in [6.07, 6.45) is 9.50. The second-order valence-corrected chi connectivity index (χ2v) is 6.86. The zero-order chi connectivity index (χ0) is 21.6. The van der Waals surface area contributed by atoms with Crippen LogP contribution in [0.2, 0.25) is 0 Å². The molecule has 0 spiro atoms. The van der Waals surface area contributed by atoms with Crippen LogP contribution in [0.25, 0.3) is 0 Å². The summed E-state index contributed by atoms with van der Waals surface area (Å²) in [5, 5.41) is 7.43. The van der Waals surface area contributed by atoms with E-state index < -0.39 is 0 Å². The van der Waals surface area contributed by atoms with E-state index >= 15 is 0 Å². The molecule has 2 rings (SSSR count). The lowest BCUT2D eigenvalue weighted by molar-refractivity contribution is 0.214. The molecule has 164 valence electrons. The molecule has 0 amide bonds. The van der Waals surface area contributed by atoms with Crippen molar-refractivity contribution in [2.75, 3.05) is 26.9 Å². The minimum atomic E-state index is 0.458. The SMILES string of the molecule is C/C=C/COc1cc(C)c(OCCCCCCOc2cc(C=NOC)on2)c(C)c1. The third kappa shape index (κ3) is 8.19. The van der Waals surface area contributed by atoms with Gasteiger partial charge < -0.3 is 23.6 Å². The Morgan fingerprint density at radius 2 is 1.67 bits per heavy atom. The Balaban J connectivity index is 1.60. The highest BCUT2D eigenvalue weighted by molar-refractivity contribution is 5.75. The fourth-order valence-corrected chi connectivity index (χ4v) is 2.88. The van der Waals surface area contributed by atoms with E-state index in [4.69, 9.17) is 18.7 Å². The number of nitrogens with zero attached hydrogens (tertiary/aromatic N) is 2. The number of ether oxygens (including phenoxy) is 3. The maximum Gasteiger partial charge on any atom is 0.254 e. The molecule has 0 saturated heterocycles. The number of oxime groups is 1. The van der Waals surface area contributed by atoms with Crippen molar-refractivity contribution in [3.8, 4) is 17.4 Å². The molecule has 0 aliphatic heterocycles. The number of aromatic nitrogens is 1. The number of allylic oxidation sites excluding steroid dienone is 1. The summed E-state index contributed by atoms with van der Waals surface area (Å²) in [5.74, 6) is 2.78. The third-order valence-electron chi connectivity index (χ3n) is 4.34. The van der Waals surface area contributed by atoms with Gasteiger partial charge in [0.05, 0.1) is 19.3 Å². The Morgan fingerprint density at radius 3 is 2.33 bits per heavy atom. The van der Waals surface area contributed by atoms with E-state index in [1.807, 2.05) is 31.2 Å². The fraction of sp³-hybridized carbons (Fsp3) is 0.478. The van der Waals surface area contributed by atoms with Gasteiger partial charge in [0, 0.05) is 0 Å². The van der Waals surface area contributed by atoms with Crippen molar-refractivity contribution in [1.29, 1.82) is 0 Å². The van der Waals surface area contributed by atoms with Crippen LogP contribution in [0, 0.1) is 13.8 Å². The lowest BCUT2D eigenvalue weighted by Gasteiger charge is -2.14. The van der Waals surface area contributed by atoms with E-state index in [-0.39, 0.29) is 0 Å². The number of rotatable bonds is 14. The molecule has 1 aromatic carbocycles. The minimum absolute atomic E-state index is 0.458. The predicted molar refractivity (Wildman–Crippen MR) is 117 cm³/mol. The maximum absolute atomic E-state index is 6.01. The molecule has 2 aromatic rings. The summed E-state index contributed by atoms with van der Waals surface area (Å²) < 4.78 is 22.3. The Morgan fingerprint density at radius 1 is 0.967 bits per heavy atom. The quantitative estimate of drug-likeness (QED) is 0.181. The van der Waals surface area contributed by atoms with Gasteiger partial charge in [0.2, 0.25) is 0 Å². The van der Waals surface area contributed by atoms with Crippen LogP contribution in [0.15, 0.2) is 40.0 Å². The molecule has 0 aliphatic rings. The topological polar surface area (TPSA) is 75.3 Å². The van der Waals surface area contributed by atoms with Gasteiger partial charge in [-0.05, 0) is 74.9 Å². The summed E-state index contributed by atoms with van der Waals surface area (Å²) in [5.41, 5.74) is 2.20. The largest absolute Gasteiger partial charge is 0.493 e. The van der Waals surface area contributed by atoms with Crippen molar-refractivity contribution in [3.63, 3.8) is 0 Å². The highest BCUT2D eigenvalue weighted by atomic mass is 16.6. The molecule has 0 N–H and O–H groups in total. The molecular weight excluding hydrogens is 384 g/mol. The van der Waals surface area contributed by atoms with Crippen LogP contribution in [0.5, 0.6) is 17.4 Å². The standard InChI is InChI=1S/C23H32N2O5/c1-5-6-11-27-20-14-18(2)23(19(3)15-20)29-13-10-8-7-9-12-28-22-16-21(30-25-22)17-24-26-4/h5-6,14-17H,7-13H2,1-4H3/b6-5+,24-17?. The first-order valence-electron chi connectivity index (χ1n) is 10.3. The van der Waals surface area contributed by atoms with Crippen LogP contribution in [0.3, 0.4) is 0 Å². The molecule has 0 fully saturated rings. The summed E-state index contributed by atoms with van der Waals surface area (Å²) in [6.45, 7) is 7.97. The Labute approximate surface area is 178 Å². The van der Waals surface area contributed by atoms with Gasteiger partial charge in [-0.3, -0.25) is 0 Å². The van der Waals surface area contributed by atoms with Gasteiger partial charge in [0.25, 0.3) is 5.88 Å². The number of hydrogen-bond donors (Lipinski definition) is 0. The van der Waals surface area contributed by atoms with Crippen molar-refractivity contribution in [2.45, 2.75) is 46.5 Å². The van der Waals surface area contributed by atoms with Gasteiger partial charge in [0.1, 0.15) is 31.4 Å². The lowest BCUT2D eigenvalue weighted by Crippen LogP contribution is -2.03. The molecule has 7 nitrogen and oxygen atoms in total. The molecule has 0 unspecified atom stereocenters. The normalized spacial score (nSPS) is 11.3. The van der Waals surface area contributed by atoms with Gasteiger partial charge in [-0.1, -0.05) is 17.3 Å². The molecule has 0 bridgehead atoms. The Hall–Kier alpha value is -2.96. The number of aryl methyl sites for hydroxylation is 2. The van der Waals surface area contributed by atoms with Crippen molar-refractivity contribution < 1.29 is 23.6 Å². The smallest absolute Gasteiger partial charge is 0.254 e. The van der Waals surface area contributed by atoms with Gasteiger partial charge in [-0.25, -0.2) is 0 Å². The maximum atomic E-state index is 6.01. The number of unbranched alkanes of at least 4 members (excludes halogenated alkanes) is 3. The summed E-state index contributed by atoms with van der Waals surface area (Å²) >= 11 is 0. The zero-order valence-electron chi connectivity index (χ0n) is 18.3. The van der Waals surface area contributed by atoms with Crippen molar-refractivity contribution in [3.05, 3.63) is 47.2 Å². The van der Waals surface area contributed by atoms with Crippen molar-refractivity contribution in [1.82, 2.24) is 5.16 Å². The van der Waals surface area contributed by atoms with Crippen molar-refractivity contribution in [2.24, 2.45) is 5.16 Å². The van der Waals surface area contributed by atoms with Crippen LogP contribution in [-0.2, 0) is 4.84 Å². The molecule has 7 heteroatoms. The summed E-state index contributed by atoms with van der Waals surface area (Å²) in [7, 11) is 1.47. The monoisotopic (exact) mass is 416 g/mol. The van der Waals surface area contributed by atoms with Crippen LogP contribution in [0.1, 0.15) is 49.5 Å². The lowest BCUT2D eigenvalue weighted by atomic mass is 10.1. The molecule has 0 aliphatic carbocycles. The Kier molecular flexibility index (Phi) is 10.3. The minimum Gasteiger partial charge on any atom is -0.493 e. The van der Waals surface area contributed by atoms with Gasteiger partial charge in [-0.2, -0.15) is 0 Å². The van der Waals surface area contributed by atoms with Crippen LogP contribution < -0.4 is 14.2 Å². The summed E-state index contributed by atoms with van der Waals surface area (Å²) in [4.78, 5) is 4.59. The highest BCUT2D eigenvalue weighted by Crippen LogP contribution is 2.28. The first kappa shape index (κ1) is 23.3. The average Bonchev–Trinajstić information content (AvgIpc) is 3.18. The number of benzene rings is 1. The molecule has 0 radical (unpaired) electrons. The first-order chi connectivity index (χ1) is 14.6. The first-order valence-corrected chi connectivity index (χ1v) is 10.3. The van der Waals surface area contributed by atoms with Crippen LogP contribution in [-0.4, -0.2) is 38.3 Å². The average molecular weight is 417 g/mol. The molecule has 1 aromatic heterocycles. The Bertz CT molecular complexity index is 791. The van der Waals surface area contributed by atoms with Crippen LogP contribution in [0.4, 0.5) is 0 Å². The van der Waals surface area contributed by atoms with E-state index in [0.29, 0.717) is 31.5 Å². The molecular formula is C23H32N2O5. The predicted octanol–water partition coefficient (Wildman–Crippen LogP) is 5.24. The van der Waals surface area contributed by atoms with E-state index in [2.05, 4.69) is 29.0 Å². The van der Waals surface area contributed by atoms with Gasteiger partial charge in [-0.15, -0.1) is 0 Å². The second kappa shape index (κ2) is 13.3. The van der Waals surface area contributed by atoms with Crippen LogP contribution >= 0.6 is 0 Å². The van der Waals surface area contributed by atoms with E-state index in [9.17, 15) is 0 Å².